The highest BCUT2D eigenvalue weighted by Crippen LogP contribution is 2.21. The normalized spacial score (nSPS) is 10.6. The molecule has 1 aromatic rings. The van der Waals surface area contributed by atoms with Gasteiger partial charge in [0.25, 0.3) is 0 Å². The van der Waals surface area contributed by atoms with Crippen molar-refractivity contribution in [1.29, 1.82) is 0 Å². The third kappa shape index (κ3) is 4.94. The SMILES string of the molecule is OCCOCCNCc1cc(Br)ccc1O. The molecule has 0 aromatic heterocycles. The lowest BCUT2D eigenvalue weighted by Gasteiger charge is -2.07. The van der Waals surface area contributed by atoms with Crippen LogP contribution in [0.2, 0.25) is 0 Å². The molecule has 0 spiro atoms. The fraction of sp³-hybridized carbons (Fsp3) is 0.455. The third-order valence-electron chi connectivity index (χ3n) is 2.02. The number of aliphatic hydroxyl groups is 1. The molecule has 0 unspecified atom stereocenters. The first-order chi connectivity index (χ1) is 7.74. The molecule has 1 aromatic carbocycles. The van der Waals surface area contributed by atoms with Gasteiger partial charge in [0.1, 0.15) is 5.75 Å². The van der Waals surface area contributed by atoms with E-state index in [4.69, 9.17) is 9.84 Å². The zero-order valence-corrected chi connectivity index (χ0v) is 10.5. The highest BCUT2D eigenvalue weighted by molar-refractivity contribution is 9.10. The average molecular weight is 290 g/mol. The molecule has 0 radical (unpaired) electrons. The minimum atomic E-state index is 0.0480. The molecule has 0 heterocycles. The van der Waals surface area contributed by atoms with Crippen LogP contribution in [-0.2, 0) is 11.3 Å². The van der Waals surface area contributed by atoms with Gasteiger partial charge in [-0.2, -0.15) is 0 Å². The van der Waals surface area contributed by atoms with Gasteiger partial charge in [0, 0.05) is 23.1 Å². The fourth-order valence-corrected chi connectivity index (χ4v) is 1.64. The Labute approximate surface area is 103 Å². The zero-order valence-electron chi connectivity index (χ0n) is 8.95. The molecular weight excluding hydrogens is 274 g/mol. The molecule has 0 bridgehead atoms. The maximum Gasteiger partial charge on any atom is 0.120 e. The smallest absolute Gasteiger partial charge is 0.120 e. The van der Waals surface area contributed by atoms with Crippen LogP contribution in [0.25, 0.3) is 0 Å². The van der Waals surface area contributed by atoms with Gasteiger partial charge in [-0.05, 0) is 18.2 Å². The summed E-state index contributed by atoms with van der Waals surface area (Å²) in [6.07, 6.45) is 0. The molecule has 1 rings (SSSR count). The van der Waals surface area contributed by atoms with Crippen LogP contribution in [0.4, 0.5) is 0 Å². The van der Waals surface area contributed by atoms with E-state index in [1.54, 1.807) is 12.1 Å². The molecule has 0 atom stereocenters. The minimum Gasteiger partial charge on any atom is -0.508 e. The first-order valence-corrected chi connectivity index (χ1v) is 5.90. The van der Waals surface area contributed by atoms with E-state index in [1.807, 2.05) is 6.07 Å². The van der Waals surface area contributed by atoms with Gasteiger partial charge in [0.15, 0.2) is 0 Å². The molecule has 5 heteroatoms. The first-order valence-electron chi connectivity index (χ1n) is 5.10. The largest absolute Gasteiger partial charge is 0.508 e. The van der Waals surface area contributed by atoms with Crippen molar-refractivity contribution in [2.45, 2.75) is 6.54 Å². The predicted molar refractivity (Wildman–Crippen MR) is 65.4 cm³/mol. The summed E-state index contributed by atoms with van der Waals surface area (Å²) < 4.78 is 6.03. The summed E-state index contributed by atoms with van der Waals surface area (Å²) in [6, 6.07) is 5.32. The molecular formula is C11H16BrNO3. The van der Waals surface area contributed by atoms with Crippen molar-refractivity contribution in [3.05, 3.63) is 28.2 Å². The lowest BCUT2D eigenvalue weighted by molar-refractivity contribution is 0.0938. The number of hydrogen-bond donors (Lipinski definition) is 3. The topological polar surface area (TPSA) is 61.7 Å². The summed E-state index contributed by atoms with van der Waals surface area (Å²) in [7, 11) is 0. The second-order valence-corrected chi connectivity index (χ2v) is 4.20. The van der Waals surface area contributed by atoms with E-state index in [0.29, 0.717) is 26.3 Å². The molecule has 3 N–H and O–H groups in total. The van der Waals surface area contributed by atoms with Gasteiger partial charge >= 0.3 is 0 Å². The van der Waals surface area contributed by atoms with Crippen molar-refractivity contribution in [2.24, 2.45) is 0 Å². The Hall–Kier alpha value is -0.620. The van der Waals surface area contributed by atoms with Crippen molar-refractivity contribution in [1.82, 2.24) is 5.32 Å². The van der Waals surface area contributed by atoms with Gasteiger partial charge in [-0.25, -0.2) is 0 Å². The molecule has 0 amide bonds. The number of rotatable bonds is 7. The van der Waals surface area contributed by atoms with Gasteiger partial charge in [0.2, 0.25) is 0 Å². The van der Waals surface area contributed by atoms with Crippen molar-refractivity contribution < 1.29 is 14.9 Å². The number of phenols is 1. The number of ether oxygens (including phenoxy) is 1. The highest BCUT2D eigenvalue weighted by atomic mass is 79.9. The number of halogens is 1. The van der Waals surface area contributed by atoms with Crippen LogP contribution in [0.3, 0.4) is 0 Å². The Bertz CT molecular complexity index is 320. The number of nitrogens with one attached hydrogen (secondary N) is 1. The van der Waals surface area contributed by atoms with Gasteiger partial charge in [-0.15, -0.1) is 0 Å². The van der Waals surface area contributed by atoms with E-state index in [0.717, 1.165) is 10.0 Å². The Balaban J connectivity index is 2.23. The summed E-state index contributed by atoms with van der Waals surface area (Å²) in [6.45, 7) is 2.24. The molecule has 4 nitrogen and oxygen atoms in total. The summed E-state index contributed by atoms with van der Waals surface area (Å²) in [5.74, 6) is 0.284. The number of benzene rings is 1. The van der Waals surface area contributed by atoms with Crippen LogP contribution in [0, 0.1) is 0 Å². The number of hydrogen-bond acceptors (Lipinski definition) is 4. The average Bonchev–Trinajstić information content (AvgIpc) is 2.28. The quantitative estimate of drug-likeness (QED) is 0.662. The summed E-state index contributed by atoms with van der Waals surface area (Å²) >= 11 is 3.35. The molecule has 0 fully saturated rings. The van der Waals surface area contributed by atoms with Crippen molar-refractivity contribution in [3.8, 4) is 5.75 Å². The van der Waals surface area contributed by atoms with Crippen LogP contribution in [-0.4, -0.2) is 36.6 Å². The van der Waals surface area contributed by atoms with Crippen molar-refractivity contribution in [2.75, 3.05) is 26.4 Å². The Morgan fingerprint density at radius 2 is 2.12 bits per heavy atom. The predicted octanol–water partition coefficient (Wildman–Crippen LogP) is 1.25. The maximum atomic E-state index is 9.55. The molecule has 0 aliphatic heterocycles. The Morgan fingerprint density at radius 1 is 1.31 bits per heavy atom. The van der Waals surface area contributed by atoms with Crippen LogP contribution >= 0.6 is 15.9 Å². The minimum absolute atomic E-state index is 0.0480. The second kappa shape index (κ2) is 7.62. The van der Waals surface area contributed by atoms with Gasteiger partial charge in [-0.3, -0.25) is 0 Å². The number of aromatic hydroxyl groups is 1. The van der Waals surface area contributed by atoms with Gasteiger partial charge in [0.05, 0.1) is 19.8 Å². The van der Waals surface area contributed by atoms with Crippen LogP contribution in [0.5, 0.6) is 5.75 Å². The van der Waals surface area contributed by atoms with E-state index in [9.17, 15) is 5.11 Å². The fourth-order valence-electron chi connectivity index (χ4n) is 1.23. The highest BCUT2D eigenvalue weighted by Gasteiger charge is 2.00. The zero-order chi connectivity index (χ0) is 11.8. The summed E-state index contributed by atoms with van der Waals surface area (Å²) in [4.78, 5) is 0. The molecule has 16 heavy (non-hydrogen) atoms. The standard InChI is InChI=1S/C11H16BrNO3/c12-10-1-2-11(15)9(7-10)8-13-3-5-16-6-4-14/h1-2,7,13-15H,3-6,8H2. The van der Waals surface area contributed by atoms with Gasteiger partial charge < -0.3 is 20.3 Å². The van der Waals surface area contributed by atoms with E-state index >= 15 is 0 Å². The number of aliphatic hydroxyl groups excluding tert-OH is 1. The molecule has 0 aliphatic rings. The van der Waals surface area contributed by atoms with Crippen LogP contribution < -0.4 is 5.32 Å². The summed E-state index contributed by atoms with van der Waals surface area (Å²) in [5, 5.41) is 21.2. The van der Waals surface area contributed by atoms with E-state index in [1.165, 1.54) is 0 Å². The maximum absolute atomic E-state index is 9.55. The second-order valence-electron chi connectivity index (χ2n) is 3.29. The monoisotopic (exact) mass is 289 g/mol. The lowest BCUT2D eigenvalue weighted by Crippen LogP contribution is -2.20. The Kier molecular flexibility index (Phi) is 6.40. The third-order valence-corrected chi connectivity index (χ3v) is 2.51. The van der Waals surface area contributed by atoms with Crippen molar-refractivity contribution in [3.63, 3.8) is 0 Å². The molecule has 0 aliphatic carbocycles. The van der Waals surface area contributed by atoms with Crippen LogP contribution in [0.1, 0.15) is 5.56 Å². The van der Waals surface area contributed by atoms with Crippen molar-refractivity contribution >= 4 is 15.9 Å². The van der Waals surface area contributed by atoms with E-state index in [-0.39, 0.29) is 12.4 Å². The number of phenolic OH excluding ortho intramolecular Hbond substituents is 1. The molecule has 90 valence electrons. The summed E-state index contributed by atoms with van der Waals surface area (Å²) in [5.41, 5.74) is 0.844. The Morgan fingerprint density at radius 3 is 2.88 bits per heavy atom. The van der Waals surface area contributed by atoms with Crippen LogP contribution in [0.15, 0.2) is 22.7 Å². The van der Waals surface area contributed by atoms with E-state index in [2.05, 4.69) is 21.2 Å². The molecule has 0 saturated heterocycles. The molecule has 0 saturated carbocycles. The lowest BCUT2D eigenvalue weighted by atomic mass is 10.2. The van der Waals surface area contributed by atoms with Gasteiger partial charge in [-0.1, -0.05) is 15.9 Å². The first kappa shape index (κ1) is 13.4. The van der Waals surface area contributed by atoms with E-state index < -0.39 is 0 Å².